The lowest BCUT2D eigenvalue weighted by atomic mass is 10.3. The fourth-order valence-corrected chi connectivity index (χ4v) is 1.78. The maximum absolute atomic E-state index is 13.2. The fraction of sp³-hybridized carbons (Fsp3) is 0.100. The highest BCUT2D eigenvalue weighted by Crippen LogP contribution is 2.18. The number of imidazole rings is 1. The number of benzene rings is 1. The quantitative estimate of drug-likeness (QED) is 0.758. The molecule has 78 valence electrons. The van der Waals surface area contributed by atoms with Crippen molar-refractivity contribution >= 4 is 23.8 Å². The van der Waals surface area contributed by atoms with E-state index < -0.39 is 5.82 Å². The molecule has 0 fully saturated rings. The van der Waals surface area contributed by atoms with Crippen molar-refractivity contribution in [2.24, 2.45) is 0 Å². The maximum atomic E-state index is 13.2. The van der Waals surface area contributed by atoms with Crippen LogP contribution in [-0.4, -0.2) is 9.55 Å². The first-order chi connectivity index (χ1) is 7.08. The molecular weight excluding hydrogens is 235 g/mol. The highest BCUT2D eigenvalue weighted by atomic mass is 35.5. The molecule has 0 saturated heterocycles. The molecule has 0 spiro atoms. The predicted molar refractivity (Wildman–Crippen MR) is 60.7 cm³/mol. The molecule has 0 amide bonds. The Morgan fingerprint density at radius 1 is 1.47 bits per heavy atom. The fourth-order valence-electron chi connectivity index (χ4n) is 1.34. The SMILES string of the molecule is Cc1cn(-c2ccc(Cl)c(F)c2)c(=S)[nH]1. The number of nitrogens with zero attached hydrogens (tertiary/aromatic N) is 1. The normalized spacial score (nSPS) is 10.6. The average molecular weight is 243 g/mol. The Kier molecular flexibility index (Phi) is 2.63. The molecule has 0 atom stereocenters. The summed E-state index contributed by atoms with van der Waals surface area (Å²) in [6.45, 7) is 1.89. The molecule has 1 aromatic carbocycles. The topological polar surface area (TPSA) is 20.7 Å². The summed E-state index contributed by atoms with van der Waals surface area (Å²) in [4.78, 5) is 2.96. The van der Waals surface area contributed by atoms with Gasteiger partial charge in [-0.2, -0.15) is 0 Å². The Morgan fingerprint density at radius 2 is 2.20 bits per heavy atom. The van der Waals surface area contributed by atoms with Gasteiger partial charge in [0.25, 0.3) is 0 Å². The van der Waals surface area contributed by atoms with Crippen molar-refractivity contribution in [3.05, 3.63) is 45.7 Å². The Balaban J connectivity index is 2.59. The van der Waals surface area contributed by atoms with Gasteiger partial charge in [0.15, 0.2) is 4.77 Å². The van der Waals surface area contributed by atoms with Crippen LogP contribution in [0, 0.1) is 17.5 Å². The van der Waals surface area contributed by atoms with Crippen molar-refractivity contribution in [1.29, 1.82) is 0 Å². The Labute approximate surface area is 96.3 Å². The molecule has 2 aromatic rings. The molecule has 0 aliphatic rings. The number of hydrogen-bond acceptors (Lipinski definition) is 1. The number of rotatable bonds is 1. The molecule has 0 unspecified atom stereocenters. The number of hydrogen-bond donors (Lipinski definition) is 1. The van der Waals surface area contributed by atoms with E-state index in [4.69, 9.17) is 23.8 Å². The first-order valence-corrected chi connectivity index (χ1v) is 5.10. The van der Waals surface area contributed by atoms with E-state index in [1.54, 1.807) is 10.6 Å². The second-order valence-electron chi connectivity index (χ2n) is 3.21. The van der Waals surface area contributed by atoms with Crippen molar-refractivity contribution in [3.8, 4) is 5.69 Å². The van der Waals surface area contributed by atoms with Crippen LogP contribution in [0.4, 0.5) is 4.39 Å². The van der Waals surface area contributed by atoms with Crippen LogP contribution in [0.1, 0.15) is 5.69 Å². The highest BCUT2D eigenvalue weighted by molar-refractivity contribution is 7.71. The van der Waals surface area contributed by atoms with E-state index in [-0.39, 0.29) is 5.02 Å². The van der Waals surface area contributed by atoms with E-state index in [9.17, 15) is 4.39 Å². The van der Waals surface area contributed by atoms with E-state index in [0.29, 0.717) is 10.5 Å². The summed E-state index contributed by atoms with van der Waals surface area (Å²) in [5.41, 5.74) is 1.58. The predicted octanol–water partition coefficient (Wildman–Crippen LogP) is 3.64. The average Bonchev–Trinajstić information content (AvgIpc) is 2.50. The molecule has 0 aliphatic carbocycles. The molecule has 2 nitrogen and oxygen atoms in total. The van der Waals surface area contributed by atoms with Gasteiger partial charge < -0.3 is 4.98 Å². The summed E-state index contributed by atoms with van der Waals surface area (Å²) >= 11 is 10.7. The van der Waals surface area contributed by atoms with Crippen LogP contribution in [-0.2, 0) is 0 Å². The Bertz CT molecular complexity index is 559. The van der Waals surface area contributed by atoms with Crippen LogP contribution in [0.3, 0.4) is 0 Å². The van der Waals surface area contributed by atoms with E-state index in [1.165, 1.54) is 12.1 Å². The molecular formula is C10H8ClFN2S. The van der Waals surface area contributed by atoms with Gasteiger partial charge in [-0.05, 0) is 37.3 Å². The van der Waals surface area contributed by atoms with E-state index in [1.807, 2.05) is 13.1 Å². The molecule has 0 bridgehead atoms. The van der Waals surface area contributed by atoms with Gasteiger partial charge in [0.2, 0.25) is 0 Å². The van der Waals surface area contributed by atoms with Crippen LogP contribution in [0.15, 0.2) is 24.4 Å². The summed E-state index contributed by atoms with van der Waals surface area (Å²) in [5.74, 6) is -0.449. The number of aromatic amines is 1. The Hall–Kier alpha value is -1.13. The number of nitrogens with one attached hydrogen (secondary N) is 1. The maximum Gasteiger partial charge on any atom is 0.181 e. The molecule has 1 aromatic heterocycles. The third kappa shape index (κ3) is 1.96. The minimum absolute atomic E-state index is 0.109. The minimum atomic E-state index is -0.449. The van der Waals surface area contributed by atoms with Gasteiger partial charge in [-0.15, -0.1) is 0 Å². The summed E-state index contributed by atoms with van der Waals surface area (Å²) in [6.07, 6.45) is 1.81. The number of H-pyrrole nitrogens is 1. The number of aromatic nitrogens is 2. The molecule has 1 N–H and O–H groups in total. The number of aryl methyl sites for hydroxylation is 1. The molecule has 0 radical (unpaired) electrons. The third-order valence-corrected chi connectivity index (χ3v) is 2.63. The van der Waals surface area contributed by atoms with E-state index >= 15 is 0 Å². The second-order valence-corrected chi connectivity index (χ2v) is 4.00. The molecule has 5 heteroatoms. The second kappa shape index (κ2) is 3.79. The van der Waals surface area contributed by atoms with Gasteiger partial charge in [0.05, 0.1) is 10.7 Å². The van der Waals surface area contributed by atoms with Gasteiger partial charge in [0, 0.05) is 11.9 Å². The molecule has 15 heavy (non-hydrogen) atoms. The van der Waals surface area contributed by atoms with Crippen LogP contribution in [0.25, 0.3) is 5.69 Å². The first-order valence-electron chi connectivity index (χ1n) is 4.31. The van der Waals surface area contributed by atoms with E-state index in [0.717, 1.165) is 5.69 Å². The zero-order valence-corrected chi connectivity index (χ0v) is 9.49. The van der Waals surface area contributed by atoms with Crippen molar-refractivity contribution in [2.45, 2.75) is 6.92 Å². The molecule has 2 rings (SSSR count). The van der Waals surface area contributed by atoms with Gasteiger partial charge in [0.1, 0.15) is 5.82 Å². The molecule has 1 heterocycles. The lowest BCUT2D eigenvalue weighted by Crippen LogP contribution is -1.93. The summed E-state index contributed by atoms with van der Waals surface area (Å²) in [6, 6.07) is 4.58. The van der Waals surface area contributed by atoms with Crippen LogP contribution in [0.2, 0.25) is 5.02 Å². The van der Waals surface area contributed by atoms with Crippen LogP contribution in [0.5, 0.6) is 0 Å². The van der Waals surface area contributed by atoms with Crippen molar-refractivity contribution in [2.75, 3.05) is 0 Å². The van der Waals surface area contributed by atoms with Gasteiger partial charge in [-0.1, -0.05) is 11.6 Å². The molecule has 0 saturated carbocycles. The lowest BCUT2D eigenvalue weighted by molar-refractivity contribution is 0.627. The minimum Gasteiger partial charge on any atom is -0.335 e. The van der Waals surface area contributed by atoms with E-state index in [2.05, 4.69) is 4.98 Å². The van der Waals surface area contributed by atoms with Gasteiger partial charge in [-0.3, -0.25) is 4.57 Å². The van der Waals surface area contributed by atoms with Crippen molar-refractivity contribution < 1.29 is 4.39 Å². The Morgan fingerprint density at radius 3 is 2.73 bits per heavy atom. The third-order valence-electron chi connectivity index (χ3n) is 2.03. The zero-order valence-electron chi connectivity index (χ0n) is 7.92. The van der Waals surface area contributed by atoms with Gasteiger partial charge in [-0.25, -0.2) is 4.39 Å². The summed E-state index contributed by atoms with van der Waals surface area (Å²) < 4.78 is 15.4. The van der Waals surface area contributed by atoms with Crippen LogP contribution >= 0.6 is 23.8 Å². The zero-order chi connectivity index (χ0) is 11.0. The lowest BCUT2D eigenvalue weighted by Gasteiger charge is -2.02. The highest BCUT2D eigenvalue weighted by Gasteiger charge is 2.04. The van der Waals surface area contributed by atoms with Crippen molar-refractivity contribution in [3.63, 3.8) is 0 Å². The smallest absolute Gasteiger partial charge is 0.181 e. The standard InChI is InChI=1S/C10H8ClFN2S/c1-6-5-14(10(15)13-6)7-2-3-8(11)9(12)4-7/h2-5H,1H3,(H,13,15). The van der Waals surface area contributed by atoms with Gasteiger partial charge >= 0.3 is 0 Å². The monoisotopic (exact) mass is 242 g/mol. The summed E-state index contributed by atoms with van der Waals surface area (Å²) in [7, 11) is 0. The summed E-state index contributed by atoms with van der Waals surface area (Å²) in [5, 5.41) is 0.109. The van der Waals surface area contributed by atoms with Crippen molar-refractivity contribution in [1.82, 2.24) is 9.55 Å². The largest absolute Gasteiger partial charge is 0.335 e. The first kappa shape index (κ1) is 10.4. The van der Waals surface area contributed by atoms with Crippen LogP contribution < -0.4 is 0 Å². The number of halogens is 2. The molecule has 0 aliphatic heterocycles.